The summed E-state index contributed by atoms with van der Waals surface area (Å²) in [7, 11) is 0. The minimum Gasteiger partial charge on any atom is -0.464 e. The summed E-state index contributed by atoms with van der Waals surface area (Å²) in [6.45, 7) is 11.9. The third kappa shape index (κ3) is 27.2. The Morgan fingerprint density at radius 1 is 0.500 bits per heavy atom. The predicted octanol–water partition coefficient (Wildman–Crippen LogP) is 9.99. The zero-order valence-electron chi connectivity index (χ0n) is 32.6. The van der Waals surface area contributed by atoms with Crippen molar-refractivity contribution in [1.82, 2.24) is 4.90 Å². The molecule has 0 aliphatic carbocycles. The Labute approximate surface area is 297 Å². The van der Waals surface area contributed by atoms with Crippen LogP contribution in [0.1, 0.15) is 202 Å². The van der Waals surface area contributed by atoms with Crippen molar-refractivity contribution in [3.05, 3.63) is 0 Å². The van der Waals surface area contributed by atoms with Crippen molar-refractivity contribution >= 4 is 17.8 Å². The molecule has 0 aromatic heterocycles. The summed E-state index contributed by atoms with van der Waals surface area (Å²) < 4.78 is 11.6. The van der Waals surface area contributed by atoms with Gasteiger partial charge in [0.1, 0.15) is 13.2 Å². The van der Waals surface area contributed by atoms with Crippen molar-refractivity contribution in [2.75, 3.05) is 26.3 Å². The first-order chi connectivity index (χ1) is 23.3. The summed E-state index contributed by atoms with van der Waals surface area (Å²) in [6.07, 6.45) is 28.3. The van der Waals surface area contributed by atoms with Gasteiger partial charge in [0, 0.05) is 12.8 Å². The molecule has 0 aliphatic heterocycles. The van der Waals surface area contributed by atoms with Gasteiger partial charge in [-0.05, 0) is 32.6 Å². The molecule has 0 fully saturated rings. The fraction of sp³-hybridized carbons (Fsp3) is 0.927. The second-order valence-electron chi connectivity index (χ2n) is 14.6. The smallest absolute Gasteiger partial charge is 0.308 e. The molecule has 3 atom stereocenters. The average Bonchev–Trinajstić information content (AvgIpc) is 3.07. The third-order valence-electron chi connectivity index (χ3n) is 9.71. The number of carbonyl (C=O) groups excluding carboxylic acids is 3. The van der Waals surface area contributed by atoms with Crippen molar-refractivity contribution in [3.63, 3.8) is 0 Å². The molecule has 0 aromatic carbocycles. The zero-order valence-corrected chi connectivity index (χ0v) is 32.6. The fourth-order valence-corrected chi connectivity index (χ4v) is 6.37. The van der Waals surface area contributed by atoms with Gasteiger partial charge in [-0.25, -0.2) is 0 Å². The van der Waals surface area contributed by atoms with E-state index in [2.05, 4.69) is 33.4 Å². The molecular formula is C41H81N2O5+. The Balaban J connectivity index is 5.10. The van der Waals surface area contributed by atoms with Gasteiger partial charge in [0.25, 0.3) is 0 Å². The number of unbranched alkanes of at least 4 members (excludes halogenated alkanes) is 16. The molecule has 284 valence electrons. The molecule has 1 amide bonds. The highest BCUT2D eigenvalue weighted by Gasteiger charge is 2.23. The topological polar surface area (TPSA) is 101 Å². The largest absolute Gasteiger partial charge is 0.464 e. The molecule has 0 heterocycles. The maximum absolute atomic E-state index is 13.2. The molecule has 0 saturated heterocycles. The monoisotopic (exact) mass is 682 g/mol. The van der Waals surface area contributed by atoms with Gasteiger partial charge < -0.3 is 20.1 Å². The highest BCUT2D eigenvalue weighted by Crippen LogP contribution is 2.22. The van der Waals surface area contributed by atoms with E-state index in [0.717, 1.165) is 64.2 Å². The fourth-order valence-electron chi connectivity index (χ4n) is 6.37. The van der Waals surface area contributed by atoms with E-state index in [1.165, 1.54) is 89.9 Å². The quantitative estimate of drug-likeness (QED) is 0.0530. The lowest BCUT2D eigenvalue weighted by molar-refractivity contribution is -0.415. The Morgan fingerprint density at radius 2 is 0.812 bits per heavy atom. The molecule has 3 N–H and O–H groups in total. The standard InChI is InChI=1S/C41H80N2O5/c1-6-10-14-18-20-24-28-37(26-22-16-12-8-3)40(45)47-34-32-43(39(44)31-30-36(5)42)33-35-48-41(46)38(27-23-17-13-9-4)29-25-21-19-15-11-7-2/h36-38H,6-35,42H2,1-5H3/p+1. The maximum Gasteiger partial charge on any atom is 0.308 e. The highest BCUT2D eigenvalue weighted by molar-refractivity contribution is 5.76. The molecule has 3 unspecified atom stereocenters. The number of hydrogen-bond acceptors (Lipinski definition) is 5. The van der Waals surface area contributed by atoms with Gasteiger partial charge in [-0.3, -0.25) is 14.4 Å². The zero-order chi connectivity index (χ0) is 35.7. The Bertz CT molecular complexity index is 709. The predicted molar refractivity (Wildman–Crippen MR) is 201 cm³/mol. The van der Waals surface area contributed by atoms with Crippen LogP contribution in [0.5, 0.6) is 0 Å². The van der Waals surface area contributed by atoms with Crippen LogP contribution in [0.2, 0.25) is 0 Å². The number of hydrogen-bond donors (Lipinski definition) is 1. The maximum atomic E-state index is 13.2. The van der Waals surface area contributed by atoms with Crippen molar-refractivity contribution < 1.29 is 29.6 Å². The van der Waals surface area contributed by atoms with Crippen molar-refractivity contribution in [3.8, 4) is 0 Å². The van der Waals surface area contributed by atoms with E-state index >= 15 is 0 Å². The van der Waals surface area contributed by atoms with Crippen LogP contribution >= 0.6 is 0 Å². The van der Waals surface area contributed by atoms with Crippen LogP contribution in [0.4, 0.5) is 0 Å². The van der Waals surface area contributed by atoms with Gasteiger partial charge in [-0.2, -0.15) is 0 Å². The van der Waals surface area contributed by atoms with Crippen molar-refractivity contribution in [2.24, 2.45) is 11.8 Å². The molecule has 0 aliphatic rings. The van der Waals surface area contributed by atoms with E-state index in [0.29, 0.717) is 25.9 Å². The molecule has 48 heavy (non-hydrogen) atoms. The first-order valence-corrected chi connectivity index (χ1v) is 20.7. The van der Waals surface area contributed by atoms with Crippen LogP contribution in [-0.4, -0.2) is 55.1 Å². The summed E-state index contributed by atoms with van der Waals surface area (Å²) in [6, 6.07) is 0.178. The Morgan fingerprint density at radius 3 is 1.15 bits per heavy atom. The number of carbonyl (C=O) groups is 3. The minimum atomic E-state index is -0.120. The van der Waals surface area contributed by atoms with Crippen LogP contribution < -0.4 is 5.73 Å². The van der Waals surface area contributed by atoms with E-state index < -0.39 is 0 Å². The molecule has 0 bridgehead atoms. The molecule has 7 heteroatoms. The first-order valence-electron chi connectivity index (χ1n) is 20.7. The van der Waals surface area contributed by atoms with E-state index in [1.807, 2.05) is 6.92 Å². The number of rotatable bonds is 35. The van der Waals surface area contributed by atoms with Gasteiger partial charge >= 0.3 is 11.9 Å². The normalized spacial score (nSPS) is 13.2. The molecule has 0 radical (unpaired) electrons. The number of esters is 2. The average molecular weight is 682 g/mol. The summed E-state index contributed by atoms with van der Waals surface area (Å²) >= 11 is 0. The summed E-state index contributed by atoms with van der Waals surface area (Å²) in [5.41, 5.74) is 4.03. The lowest BCUT2D eigenvalue weighted by atomic mass is 9.94. The van der Waals surface area contributed by atoms with Gasteiger partial charge in [0.15, 0.2) is 0 Å². The SMILES string of the molecule is CCCCCCCCC(CCCCCC)C(=O)OCCN(CCOC(=O)C(CCCCCC)CCCCCCCC)C(=O)CCC(C)[NH3+]. The first kappa shape index (κ1) is 46.4. The second kappa shape index (κ2) is 33.8. The summed E-state index contributed by atoms with van der Waals surface area (Å²) in [4.78, 5) is 41.3. The van der Waals surface area contributed by atoms with E-state index in [-0.39, 0.29) is 48.9 Å². The van der Waals surface area contributed by atoms with E-state index in [4.69, 9.17) is 9.47 Å². The minimum absolute atomic E-state index is 0.00369. The van der Waals surface area contributed by atoms with Crippen LogP contribution in [0.25, 0.3) is 0 Å². The molecule has 0 saturated carbocycles. The number of quaternary nitrogens is 1. The van der Waals surface area contributed by atoms with Crippen LogP contribution in [-0.2, 0) is 23.9 Å². The second-order valence-corrected chi connectivity index (χ2v) is 14.6. The van der Waals surface area contributed by atoms with Crippen LogP contribution in [0.15, 0.2) is 0 Å². The molecule has 0 rings (SSSR count). The third-order valence-corrected chi connectivity index (χ3v) is 9.71. The Kier molecular flexibility index (Phi) is 32.7. The van der Waals surface area contributed by atoms with Crippen LogP contribution in [0, 0.1) is 11.8 Å². The molecule has 0 aromatic rings. The van der Waals surface area contributed by atoms with Gasteiger partial charge in [-0.15, -0.1) is 0 Å². The molecule has 0 spiro atoms. The van der Waals surface area contributed by atoms with Crippen LogP contribution in [0.3, 0.4) is 0 Å². The number of ether oxygens (including phenoxy) is 2. The lowest BCUT2D eigenvalue weighted by Crippen LogP contribution is -2.59. The van der Waals surface area contributed by atoms with E-state index in [9.17, 15) is 14.4 Å². The van der Waals surface area contributed by atoms with Gasteiger partial charge in [0.05, 0.1) is 31.0 Å². The molecular weight excluding hydrogens is 600 g/mol. The van der Waals surface area contributed by atoms with Crippen molar-refractivity contribution in [1.29, 1.82) is 0 Å². The number of amides is 1. The van der Waals surface area contributed by atoms with Gasteiger partial charge in [0.2, 0.25) is 5.91 Å². The Hall–Kier alpha value is -1.63. The highest BCUT2D eigenvalue weighted by atomic mass is 16.5. The van der Waals surface area contributed by atoms with Crippen molar-refractivity contribution in [2.45, 2.75) is 208 Å². The van der Waals surface area contributed by atoms with Gasteiger partial charge in [-0.1, -0.05) is 156 Å². The number of nitrogens with zero attached hydrogens (tertiary/aromatic N) is 1. The summed E-state index contributed by atoms with van der Waals surface area (Å²) in [5.74, 6) is -0.363. The molecule has 7 nitrogen and oxygen atoms in total. The lowest BCUT2D eigenvalue weighted by Gasteiger charge is -2.24. The summed E-state index contributed by atoms with van der Waals surface area (Å²) in [5, 5.41) is 0. The van der Waals surface area contributed by atoms with E-state index in [1.54, 1.807) is 4.90 Å².